The average molecular weight is 387 g/mol. The number of nitrogens with one attached hydrogen (secondary N) is 1. The summed E-state index contributed by atoms with van der Waals surface area (Å²) < 4.78 is 16.1. The van der Waals surface area contributed by atoms with E-state index in [1.165, 1.54) is 6.07 Å². The Morgan fingerprint density at radius 3 is 2.48 bits per heavy atom. The van der Waals surface area contributed by atoms with Crippen LogP contribution in [0.4, 0.5) is 4.39 Å². The highest BCUT2D eigenvalue weighted by Gasteiger charge is 2.13. The highest BCUT2D eigenvalue weighted by atomic mass is 19.1. The summed E-state index contributed by atoms with van der Waals surface area (Å²) in [7, 11) is 0. The molecule has 0 bridgehead atoms. The van der Waals surface area contributed by atoms with Gasteiger partial charge in [0, 0.05) is 12.0 Å². The number of carbonyl (C=O) groups excluding carboxylic acids is 1. The van der Waals surface area contributed by atoms with E-state index in [9.17, 15) is 9.18 Å². The first-order valence-electron chi connectivity index (χ1n) is 9.69. The van der Waals surface area contributed by atoms with E-state index in [1.54, 1.807) is 12.1 Å². The van der Waals surface area contributed by atoms with Gasteiger partial charge in [0.25, 0.3) is 0 Å². The molecule has 4 rings (SSSR count). The van der Waals surface area contributed by atoms with Gasteiger partial charge in [0.05, 0.1) is 24.1 Å². The number of halogens is 1. The largest absolute Gasteiger partial charge is 0.349 e. The predicted molar refractivity (Wildman–Crippen MR) is 112 cm³/mol. The first-order chi connectivity index (χ1) is 14.2. The second-order valence-electron chi connectivity index (χ2n) is 6.96. The average Bonchev–Trinajstić information content (AvgIpc) is 3.10. The fourth-order valence-electron chi connectivity index (χ4n) is 3.40. The van der Waals surface area contributed by atoms with Crippen molar-refractivity contribution in [3.05, 3.63) is 102 Å². The Hall–Kier alpha value is -3.47. The molecule has 0 spiro atoms. The number of rotatable bonds is 7. The van der Waals surface area contributed by atoms with Crippen molar-refractivity contribution in [2.24, 2.45) is 0 Å². The van der Waals surface area contributed by atoms with Gasteiger partial charge >= 0.3 is 0 Å². The summed E-state index contributed by atoms with van der Waals surface area (Å²) in [5, 5.41) is 2.95. The fourth-order valence-corrected chi connectivity index (χ4v) is 3.40. The summed E-state index contributed by atoms with van der Waals surface area (Å²) in [6.07, 6.45) is 1.11. The van der Waals surface area contributed by atoms with Gasteiger partial charge in [-0.1, -0.05) is 60.7 Å². The van der Waals surface area contributed by atoms with Crippen LogP contribution in [0.2, 0.25) is 0 Å². The zero-order valence-electron chi connectivity index (χ0n) is 16.0. The Morgan fingerprint density at radius 1 is 0.931 bits per heavy atom. The van der Waals surface area contributed by atoms with Gasteiger partial charge < -0.3 is 9.88 Å². The number of carbonyl (C=O) groups is 1. The number of aryl methyl sites for hydroxylation is 1. The SMILES string of the molecule is O=C(CCc1ccccc1)NCc1nc2ccccc2n1Cc1ccccc1F. The number of hydrogen-bond acceptors (Lipinski definition) is 2. The number of fused-ring (bicyclic) bond motifs is 1. The zero-order valence-corrected chi connectivity index (χ0v) is 16.0. The van der Waals surface area contributed by atoms with Crippen LogP contribution in [0.15, 0.2) is 78.9 Å². The fraction of sp³-hybridized carbons (Fsp3) is 0.167. The lowest BCUT2D eigenvalue weighted by molar-refractivity contribution is -0.121. The lowest BCUT2D eigenvalue weighted by Gasteiger charge is -2.11. The Balaban J connectivity index is 1.49. The van der Waals surface area contributed by atoms with E-state index in [2.05, 4.69) is 10.3 Å². The van der Waals surface area contributed by atoms with Gasteiger partial charge in [-0.3, -0.25) is 4.79 Å². The van der Waals surface area contributed by atoms with Gasteiger partial charge in [-0.15, -0.1) is 0 Å². The molecule has 0 aliphatic heterocycles. The molecular weight excluding hydrogens is 365 g/mol. The summed E-state index contributed by atoms with van der Waals surface area (Å²) >= 11 is 0. The molecule has 1 heterocycles. The second-order valence-corrected chi connectivity index (χ2v) is 6.96. The molecule has 0 atom stereocenters. The Kier molecular flexibility index (Phi) is 5.66. The molecule has 0 unspecified atom stereocenters. The van der Waals surface area contributed by atoms with Crippen molar-refractivity contribution in [3.63, 3.8) is 0 Å². The smallest absolute Gasteiger partial charge is 0.220 e. The van der Waals surface area contributed by atoms with Crippen LogP contribution in [-0.4, -0.2) is 15.5 Å². The summed E-state index contributed by atoms with van der Waals surface area (Å²) in [6.45, 7) is 0.666. The van der Waals surface area contributed by atoms with Crippen LogP contribution in [0.1, 0.15) is 23.4 Å². The van der Waals surface area contributed by atoms with E-state index in [4.69, 9.17) is 0 Å². The molecule has 0 fully saturated rings. The molecular formula is C24H22FN3O. The molecule has 0 aliphatic carbocycles. The molecule has 0 saturated carbocycles. The van der Waals surface area contributed by atoms with E-state index in [-0.39, 0.29) is 11.7 Å². The van der Waals surface area contributed by atoms with Crippen LogP contribution >= 0.6 is 0 Å². The Bertz CT molecular complexity index is 1120. The van der Waals surface area contributed by atoms with Gasteiger partial charge in [0.1, 0.15) is 11.6 Å². The van der Waals surface area contributed by atoms with E-state index < -0.39 is 0 Å². The van der Waals surface area contributed by atoms with Crippen LogP contribution in [0.3, 0.4) is 0 Å². The van der Waals surface area contributed by atoms with E-state index >= 15 is 0 Å². The minimum Gasteiger partial charge on any atom is -0.349 e. The van der Waals surface area contributed by atoms with E-state index in [0.717, 1.165) is 16.6 Å². The molecule has 1 aromatic heterocycles. The van der Waals surface area contributed by atoms with Crippen LogP contribution in [0, 0.1) is 5.82 Å². The predicted octanol–water partition coefficient (Wildman–Crippen LogP) is 4.47. The van der Waals surface area contributed by atoms with Crippen molar-refractivity contribution in [2.75, 3.05) is 0 Å². The van der Waals surface area contributed by atoms with Crippen molar-refractivity contribution in [1.82, 2.24) is 14.9 Å². The number of aromatic nitrogens is 2. The maximum Gasteiger partial charge on any atom is 0.220 e. The van der Waals surface area contributed by atoms with Gasteiger partial charge in [-0.25, -0.2) is 9.37 Å². The number of nitrogens with zero attached hydrogens (tertiary/aromatic N) is 2. The second kappa shape index (κ2) is 8.69. The molecule has 0 saturated heterocycles. The van der Waals surface area contributed by atoms with E-state index in [1.807, 2.05) is 65.2 Å². The van der Waals surface area contributed by atoms with Crippen molar-refractivity contribution in [2.45, 2.75) is 25.9 Å². The quantitative estimate of drug-likeness (QED) is 0.508. The summed E-state index contributed by atoms with van der Waals surface area (Å²) in [5.41, 5.74) is 3.48. The highest BCUT2D eigenvalue weighted by Crippen LogP contribution is 2.19. The first-order valence-corrected chi connectivity index (χ1v) is 9.69. The van der Waals surface area contributed by atoms with Crippen molar-refractivity contribution >= 4 is 16.9 Å². The monoisotopic (exact) mass is 387 g/mol. The van der Waals surface area contributed by atoms with Crippen molar-refractivity contribution < 1.29 is 9.18 Å². The standard InChI is InChI=1S/C24H22FN3O/c25-20-11-5-4-10-19(20)17-28-22-13-7-6-12-21(22)27-23(28)16-26-24(29)15-14-18-8-2-1-3-9-18/h1-13H,14-17H2,(H,26,29). The van der Waals surface area contributed by atoms with Crippen LogP contribution < -0.4 is 5.32 Å². The molecule has 1 amide bonds. The van der Waals surface area contributed by atoms with Crippen LogP contribution in [0.5, 0.6) is 0 Å². The van der Waals surface area contributed by atoms with Gasteiger partial charge in [-0.2, -0.15) is 0 Å². The molecule has 0 radical (unpaired) electrons. The molecule has 4 nitrogen and oxygen atoms in total. The van der Waals surface area contributed by atoms with Crippen molar-refractivity contribution in [3.8, 4) is 0 Å². The number of hydrogen-bond donors (Lipinski definition) is 1. The van der Waals surface area contributed by atoms with Crippen LogP contribution in [-0.2, 0) is 24.3 Å². The number of para-hydroxylation sites is 2. The van der Waals surface area contributed by atoms with E-state index in [0.29, 0.717) is 37.3 Å². The first kappa shape index (κ1) is 18.9. The van der Waals surface area contributed by atoms with Crippen LogP contribution in [0.25, 0.3) is 11.0 Å². The number of imidazole rings is 1. The minimum absolute atomic E-state index is 0.0293. The summed E-state index contributed by atoms with van der Waals surface area (Å²) in [6, 6.07) is 24.4. The summed E-state index contributed by atoms with van der Waals surface area (Å²) in [4.78, 5) is 17.0. The summed E-state index contributed by atoms with van der Waals surface area (Å²) in [5.74, 6) is 0.434. The lowest BCUT2D eigenvalue weighted by atomic mass is 10.1. The van der Waals surface area contributed by atoms with Gasteiger partial charge in [-0.05, 0) is 30.2 Å². The minimum atomic E-state index is -0.247. The molecule has 3 aromatic carbocycles. The molecule has 146 valence electrons. The third kappa shape index (κ3) is 4.51. The molecule has 5 heteroatoms. The topological polar surface area (TPSA) is 46.9 Å². The highest BCUT2D eigenvalue weighted by molar-refractivity contribution is 5.77. The number of amides is 1. The molecule has 1 N–H and O–H groups in total. The normalized spacial score (nSPS) is 10.9. The Morgan fingerprint density at radius 2 is 1.66 bits per heavy atom. The molecule has 0 aliphatic rings. The third-order valence-corrected chi connectivity index (χ3v) is 4.95. The Labute approximate surface area is 169 Å². The maximum atomic E-state index is 14.2. The maximum absolute atomic E-state index is 14.2. The molecule has 29 heavy (non-hydrogen) atoms. The molecule has 4 aromatic rings. The zero-order chi connectivity index (χ0) is 20.1. The lowest BCUT2D eigenvalue weighted by Crippen LogP contribution is -2.25. The van der Waals surface area contributed by atoms with Gasteiger partial charge in [0.2, 0.25) is 5.91 Å². The van der Waals surface area contributed by atoms with Crippen molar-refractivity contribution in [1.29, 1.82) is 0 Å². The van der Waals surface area contributed by atoms with Gasteiger partial charge in [0.15, 0.2) is 0 Å². The third-order valence-electron chi connectivity index (χ3n) is 4.95. The number of benzene rings is 3.